The van der Waals surface area contributed by atoms with Crippen LogP contribution in [0.15, 0.2) is 0 Å². The van der Waals surface area contributed by atoms with Gasteiger partial charge in [-0.05, 0) is 0 Å². The van der Waals surface area contributed by atoms with Gasteiger partial charge in [-0.1, -0.05) is 0 Å². The molecule has 0 saturated heterocycles. The monoisotopic (exact) mass is 304 g/mol. The average Bonchev–Trinajstić information content (AvgIpc) is 1.54. The zero-order valence-electron chi connectivity index (χ0n) is 5.71. The summed E-state index contributed by atoms with van der Waals surface area (Å²) in [6.07, 6.45) is 0. The van der Waals surface area contributed by atoms with Crippen LogP contribution in [0.1, 0.15) is 0 Å². The van der Waals surface area contributed by atoms with Gasteiger partial charge in [-0.2, -0.15) is 0 Å². The van der Waals surface area contributed by atoms with E-state index in [9.17, 15) is 0 Å². The summed E-state index contributed by atoms with van der Waals surface area (Å²) in [5, 5.41) is 40.9. The smallest absolute Gasteiger partial charge is 0.291 e. The van der Waals surface area contributed by atoms with Crippen molar-refractivity contribution in [2.45, 2.75) is 0 Å². The Morgan fingerprint density at radius 2 is 0.692 bits per heavy atom. The summed E-state index contributed by atoms with van der Waals surface area (Å²) in [7, 11) is 0. The van der Waals surface area contributed by atoms with Gasteiger partial charge in [0.05, 0.1) is 0 Å². The molecule has 75 valence electrons. The molecular weight excluding hydrogens is 301 g/mol. The second-order valence-electron chi connectivity index (χ2n) is 0.714. The zero-order valence-corrected chi connectivity index (χ0v) is 9.01. The third kappa shape index (κ3) is 321. The fourth-order valence-electron chi connectivity index (χ4n) is 0. The van der Waals surface area contributed by atoms with E-state index in [1.807, 2.05) is 0 Å². The van der Waals surface area contributed by atoms with Crippen LogP contribution in [0.5, 0.6) is 0 Å². The average molecular weight is 304 g/mol. The van der Waals surface area contributed by atoms with Gasteiger partial charge in [-0.3, -0.25) is 0 Å². The van der Waals surface area contributed by atoms with E-state index in [0.717, 1.165) is 0 Å². The van der Waals surface area contributed by atoms with Crippen molar-refractivity contribution in [3.63, 3.8) is 0 Å². The maximum absolute atomic E-state index is 8.36. The second-order valence-corrected chi connectivity index (χ2v) is 0.714. The van der Waals surface area contributed by atoms with E-state index in [2.05, 4.69) is 0 Å². The van der Waals surface area contributed by atoms with Crippen molar-refractivity contribution in [2.24, 2.45) is 0 Å². The molecule has 0 fully saturated rings. The molecule has 0 bridgehead atoms. The van der Waals surface area contributed by atoms with Crippen molar-refractivity contribution in [3.05, 3.63) is 30.3 Å². The Labute approximate surface area is 87.5 Å². The predicted molar refractivity (Wildman–Crippen MR) is 32.1 cm³/mol. The Morgan fingerprint density at radius 3 is 0.692 bits per heavy atom. The molecule has 0 aromatic rings. The van der Waals surface area contributed by atoms with E-state index in [4.69, 9.17) is 46.0 Å². The number of hydrogen-bond acceptors (Lipinski definition) is 6. The van der Waals surface area contributed by atoms with Crippen LogP contribution in [0.4, 0.5) is 0 Å². The first kappa shape index (κ1) is 22.5. The van der Waals surface area contributed by atoms with E-state index >= 15 is 0 Å². The minimum absolute atomic E-state index is 0. The van der Waals surface area contributed by atoms with Crippen molar-refractivity contribution in [1.82, 2.24) is 0 Å². The van der Waals surface area contributed by atoms with Crippen molar-refractivity contribution >= 4 is 25.8 Å². The van der Waals surface area contributed by atoms with E-state index in [0.29, 0.717) is 0 Å². The molecule has 0 spiro atoms. The number of nitrogens with zero attached hydrogens (tertiary/aromatic N) is 3. The molecule has 0 aliphatic rings. The molecule has 0 unspecified atom stereocenters. The standard InChI is InChI=1S/In.3HNO3/c;3*2-1(3)4/h;3*(H,2,3,4). The van der Waals surface area contributed by atoms with Gasteiger partial charge in [-0.25, -0.2) is 0 Å². The molecule has 0 saturated carbocycles. The van der Waals surface area contributed by atoms with Crippen molar-refractivity contribution in [1.29, 1.82) is 0 Å². The molecule has 3 N–H and O–H groups in total. The summed E-state index contributed by atoms with van der Waals surface area (Å²) in [4.78, 5) is 25.1. The molecule has 13 heavy (non-hydrogen) atoms. The third-order valence-corrected chi connectivity index (χ3v) is 0. The van der Waals surface area contributed by atoms with Gasteiger partial charge in [0.25, 0.3) is 15.3 Å². The van der Waals surface area contributed by atoms with Crippen LogP contribution < -0.4 is 0 Å². The van der Waals surface area contributed by atoms with Crippen molar-refractivity contribution in [2.75, 3.05) is 0 Å². The number of hydrogen-bond donors (Lipinski definition) is 3. The predicted octanol–water partition coefficient (Wildman–Crippen LogP) is -1.42. The van der Waals surface area contributed by atoms with Gasteiger partial charge in [0.2, 0.25) is 0 Å². The second kappa shape index (κ2) is 16.8. The van der Waals surface area contributed by atoms with Crippen molar-refractivity contribution < 1.29 is 30.9 Å². The largest absolute Gasteiger partial charge is 0.328 e. The maximum atomic E-state index is 8.36. The van der Waals surface area contributed by atoms with Gasteiger partial charge in [0.15, 0.2) is 0 Å². The summed E-state index contributed by atoms with van der Waals surface area (Å²) in [6.45, 7) is 0. The summed E-state index contributed by atoms with van der Waals surface area (Å²) in [6, 6.07) is 0. The van der Waals surface area contributed by atoms with Crippen LogP contribution in [0.2, 0.25) is 0 Å². The molecule has 0 aliphatic heterocycles. The summed E-state index contributed by atoms with van der Waals surface area (Å²) < 4.78 is 0. The van der Waals surface area contributed by atoms with E-state index in [1.54, 1.807) is 0 Å². The molecule has 0 heterocycles. The molecule has 3 radical (unpaired) electrons. The zero-order chi connectivity index (χ0) is 10.7. The summed E-state index contributed by atoms with van der Waals surface area (Å²) in [5.74, 6) is 0. The first-order valence-corrected chi connectivity index (χ1v) is 1.70. The molecule has 0 aromatic heterocycles. The topological polar surface area (TPSA) is 190 Å². The minimum atomic E-state index is -1.50. The van der Waals surface area contributed by atoms with Gasteiger partial charge in [0.1, 0.15) is 0 Å². The van der Waals surface area contributed by atoms with Crippen molar-refractivity contribution in [3.8, 4) is 0 Å². The molecule has 0 rings (SSSR count). The quantitative estimate of drug-likeness (QED) is 0.355. The molecule has 0 aliphatic carbocycles. The number of rotatable bonds is 0. The first-order valence-electron chi connectivity index (χ1n) is 1.70. The van der Waals surface area contributed by atoms with Crippen LogP contribution in [0, 0.1) is 30.3 Å². The van der Waals surface area contributed by atoms with Crippen LogP contribution in [0.25, 0.3) is 0 Å². The van der Waals surface area contributed by atoms with E-state index in [1.165, 1.54) is 0 Å². The molecule has 12 nitrogen and oxygen atoms in total. The Bertz CT molecular complexity index is 112. The Kier molecular flexibility index (Phi) is 29.2. The Hall–Kier alpha value is -1.53. The fourth-order valence-corrected chi connectivity index (χ4v) is 0. The van der Waals surface area contributed by atoms with E-state index in [-0.39, 0.29) is 25.8 Å². The van der Waals surface area contributed by atoms with Crippen LogP contribution in [-0.4, -0.2) is 56.7 Å². The van der Waals surface area contributed by atoms with Gasteiger partial charge >= 0.3 is 0 Å². The maximum Gasteiger partial charge on any atom is 0.291 e. The summed E-state index contributed by atoms with van der Waals surface area (Å²) >= 11 is 0. The van der Waals surface area contributed by atoms with Gasteiger partial charge in [-0.15, -0.1) is 30.3 Å². The van der Waals surface area contributed by atoms with Crippen LogP contribution in [0.3, 0.4) is 0 Å². The summed E-state index contributed by atoms with van der Waals surface area (Å²) in [5.41, 5.74) is 0. The van der Waals surface area contributed by atoms with Gasteiger partial charge in [0, 0.05) is 25.8 Å². The third-order valence-electron chi connectivity index (χ3n) is 0. The van der Waals surface area contributed by atoms with Crippen LogP contribution in [-0.2, 0) is 0 Å². The molecule has 0 atom stereocenters. The van der Waals surface area contributed by atoms with Gasteiger partial charge < -0.3 is 15.6 Å². The molecule has 0 aromatic carbocycles. The minimum Gasteiger partial charge on any atom is -0.328 e. The fraction of sp³-hybridized carbons (Fsp3) is 0. The normalized spacial score (nSPS) is 5.54. The molecule has 0 amide bonds. The Balaban J connectivity index is -0.0000000450. The SMILES string of the molecule is O=[N+]([O-])O.O=[N+]([O-])O.O=[N+]([O-])O.[In]. The Morgan fingerprint density at radius 1 is 0.692 bits per heavy atom. The molecular formula is H3InN3O9. The van der Waals surface area contributed by atoms with E-state index < -0.39 is 15.3 Å². The molecule has 13 heteroatoms. The first-order chi connectivity index (χ1) is 5.20. The van der Waals surface area contributed by atoms with Crippen LogP contribution >= 0.6 is 0 Å².